The van der Waals surface area contributed by atoms with Crippen molar-refractivity contribution in [3.63, 3.8) is 0 Å². The van der Waals surface area contributed by atoms with Gasteiger partial charge in [0.1, 0.15) is 24.0 Å². The molecule has 0 bridgehead atoms. The van der Waals surface area contributed by atoms with E-state index in [9.17, 15) is 14.7 Å². The highest BCUT2D eigenvalue weighted by atomic mass is 16.5. The van der Waals surface area contributed by atoms with Crippen LogP contribution in [0.25, 0.3) is 22.6 Å². The SMILES string of the molecule is CC(=O)N1CCc2cccc(NC(=O)CN3CCN(C[C@@H](O)COc4ccc5oc(-c6ccccc6)nc5c4)CC3)c21. The second-order valence-electron chi connectivity index (χ2n) is 10.8. The maximum Gasteiger partial charge on any atom is 0.238 e. The van der Waals surface area contributed by atoms with Gasteiger partial charge < -0.3 is 24.5 Å². The molecule has 10 nitrogen and oxygen atoms in total. The van der Waals surface area contributed by atoms with Crippen molar-refractivity contribution in [3.05, 3.63) is 72.3 Å². The molecule has 6 rings (SSSR count). The number of aliphatic hydroxyl groups is 1. The lowest BCUT2D eigenvalue weighted by molar-refractivity contribution is -0.118. The molecule has 4 aromatic rings. The van der Waals surface area contributed by atoms with Crippen LogP contribution < -0.4 is 15.0 Å². The second-order valence-corrected chi connectivity index (χ2v) is 10.8. The summed E-state index contributed by atoms with van der Waals surface area (Å²) in [6.07, 6.45) is 0.140. The van der Waals surface area contributed by atoms with Crippen LogP contribution >= 0.6 is 0 Å². The number of carbonyl (C=O) groups excluding carboxylic acids is 2. The van der Waals surface area contributed by atoms with Crippen LogP contribution in [0.2, 0.25) is 0 Å². The monoisotopic (exact) mass is 569 g/mol. The number of ether oxygens (including phenoxy) is 1. The van der Waals surface area contributed by atoms with E-state index < -0.39 is 6.10 Å². The number of hydrogen-bond acceptors (Lipinski definition) is 8. The minimum atomic E-state index is -0.655. The Morgan fingerprint density at radius 2 is 1.79 bits per heavy atom. The molecule has 10 heteroatoms. The molecule has 42 heavy (non-hydrogen) atoms. The van der Waals surface area contributed by atoms with Crippen LogP contribution in [0.15, 0.2) is 71.1 Å². The Balaban J connectivity index is 0.948. The Morgan fingerprint density at radius 1 is 1.00 bits per heavy atom. The van der Waals surface area contributed by atoms with Gasteiger partial charge in [0.15, 0.2) is 5.58 Å². The normalized spacial score (nSPS) is 16.4. The minimum Gasteiger partial charge on any atom is -0.491 e. The van der Waals surface area contributed by atoms with E-state index in [0.717, 1.165) is 49.4 Å². The van der Waals surface area contributed by atoms with Gasteiger partial charge in [0.25, 0.3) is 0 Å². The third-order valence-electron chi connectivity index (χ3n) is 7.77. The van der Waals surface area contributed by atoms with Crippen LogP contribution in [0, 0.1) is 0 Å². The van der Waals surface area contributed by atoms with E-state index in [1.54, 1.807) is 11.8 Å². The first kappa shape index (κ1) is 27.9. The van der Waals surface area contributed by atoms with E-state index in [4.69, 9.17) is 9.15 Å². The van der Waals surface area contributed by atoms with Gasteiger partial charge in [0.2, 0.25) is 17.7 Å². The number of hydrogen-bond donors (Lipinski definition) is 2. The zero-order valence-corrected chi connectivity index (χ0v) is 23.7. The summed E-state index contributed by atoms with van der Waals surface area (Å²) < 4.78 is 11.7. The smallest absolute Gasteiger partial charge is 0.238 e. The maximum absolute atomic E-state index is 12.9. The number of fused-ring (bicyclic) bond motifs is 2. The van der Waals surface area contributed by atoms with Crippen molar-refractivity contribution >= 4 is 34.3 Å². The number of β-amino-alcohol motifs (C(OH)–C–C–N with tert-alkyl or cyclic N) is 1. The number of piperazine rings is 1. The van der Waals surface area contributed by atoms with Gasteiger partial charge in [-0.05, 0) is 42.3 Å². The number of para-hydroxylation sites is 1. The van der Waals surface area contributed by atoms with Crippen molar-refractivity contribution in [3.8, 4) is 17.2 Å². The molecule has 1 saturated heterocycles. The summed E-state index contributed by atoms with van der Waals surface area (Å²) in [7, 11) is 0. The van der Waals surface area contributed by atoms with Crippen molar-refractivity contribution in [2.75, 3.05) is 62.6 Å². The fourth-order valence-corrected chi connectivity index (χ4v) is 5.64. The average Bonchev–Trinajstić information content (AvgIpc) is 3.63. The van der Waals surface area contributed by atoms with Gasteiger partial charge in [-0.1, -0.05) is 30.3 Å². The van der Waals surface area contributed by atoms with E-state index in [2.05, 4.69) is 20.1 Å². The lowest BCUT2D eigenvalue weighted by Gasteiger charge is -2.35. The molecule has 218 valence electrons. The predicted octanol–water partition coefficient (Wildman–Crippen LogP) is 3.40. The van der Waals surface area contributed by atoms with Gasteiger partial charge in [-0.15, -0.1) is 0 Å². The largest absolute Gasteiger partial charge is 0.491 e. The van der Waals surface area contributed by atoms with Crippen LogP contribution in [0.5, 0.6) is 5.75 Å². The fourth-order valence-electron chi connectivity index (χ4n) is 5.64. The number of aromatic nitrogens is 1. The van der Waals surface area contributed by atoms with Gasteiger partial charge in [0.05, 0.1) is 17.9 Å². The molecule has 1 atom stereocenters. The summed E-state index contributed by atoms with van der Waals surface area (Å²) in [5.74, 6) is 1.07. The lowest BCUT2D eigenvalue weighted by Crippen LogP contribution is -2.50. The quantitative estimate of drug-likeness (QED) is 0.316. The minimum absolute atomic E-state index is 0.0207. The third-order valence-corrected chi connectivity index (χ3v) is 7.77. The summed E-state index contributed by atoms with van der Waals surface area (Å²) in [6.45, 7) is 6.06. The Bertz CT molecular complexity index is 1560. The van der Waals surface area contributed by atoms with Gasteiger partial charge in [0, 0.05) is 57.8 Å². The number of amides is 2. The summed E-state index contributed by atoms with van der Waals surface area (Å²) in [4.78, 5) is 35.5. The number of oxazole rings is 1. The first-order valence-electron chi connectivity index (χ1n) is 14.3. The average molecular weight is 570 g/mol. The van der Waals surface area contributed by atoms with Crippen LogP contribution in [0.4, 0.5) is 11.4 Å². The van der Waals surface area contributed by atoms with Crippen molar-refractivity contribution in [2.24, 2.45) is 0 Å². The van der Waals surface area contributed by atoms with Gasteiger partial charge in [-0.25, -0.2) is 4.98 Å². The maximum atomic E-state index is 12.9. The number of nitrogens with one attached hydrogen (secondary N) is 1. The summed E-state index contributed by atoms with van der Waals surface area (Å²) in [5.41, 5.74) is 4.87. The van der Waals surface area contributed by atoms with Crippen molar-refractivity contribution in [2.45, 2.75) is 19.4 Å². The van der Waals surface area contributed by atoms with Crippen LogP contribution in [-0.2, 0) is 16.0 Å². The van der Waals surface area contributed by atoms with Crippen molar-refractivity contribution in [1.29, 1.82) is 0 Å². The zero-order valence-electron chi connectivity index (χ0n) is 23.7. The van der Waals surface area contributed by atoms with E-state index in [0.29, 0.717) is 41.5 Å². The number of carbonyl (C=O) groups is 2. The lowest BCUT2D eigenvalue weighted by atomic mass is 10.1. The van der Waals surface area contributed by atoms with Crippen LogP contribution in [0.1, 0.15) is 12.5 Å². The van der Waals surface area contributed by atoms with E-state index in [1.165, 1.54) is 0 Å². The second kappa shape index (κ2) is 12.3. The molecular formula is C32H35N5O5. The molecule has 2 N–H and O–H groups in total. The molecule has 2 amide bonds. The first-order chi connectivity index (χ1) is 20.4. The highest BCUT2D eigenvalue weighted by Gasteiger charge is 2.27. The van der Waals surface area contributed by atoms with Crippen LogP contribution in [-0.4, -0.2) is 90.2 Å². The number of benzene rings is 3. The van der Waals surface area contributed by atoms with Gasteiger partial charge in [-0.3, -0.25) is 19.4 Å². The Morgan fingerprint density at radius 3 is 2.57 bits per heavy atom. The molecule has 3 heterocycles. The molecule has 0 unspecified atom stereocenters. The van der Waals surface area contributed by atoms with Gasteiger partial charge >= 0.3 is 0 Å². The first-order valence-corrected chi connectivity index (χ1v) is 14.3. The van der Waals surface area contributed by atoms with E-state index in [1.807, 2.05) is 66.7 Å². The van der Waals surface area contributed by atoms with E-state index >= 15 is 0 Å². The van der Waals surface area contributed by atoms with Crippen LogP contribution in [0.3, 0.4) is 0 Å². The number of rotatable bonds is 9. The zero-order chi connectivity index (χ0) is 29.1. The number of nitrogens with zero attached hydrogens (tertiary/aromatic N) is 4. The molecule has 3 aromatic carbocycles. The molecule has 0 saturated carbocycles. The molecule has 0 spiro atoms. The summed E-state index contributed by atoms with van der Waals surface area (Å²) in [5, 5.41) is 13.7. The molecule has 0 aliphatic carbocycles. The molecular weight excluding hydrogens is 534 g/mol. The third kappa shape index (κ3) is 6.30. The fraction of sp³-hybridized carbons (Fsp3) is 0.344. The standard InChI is InChI=1S/C32H35N5O5/c1-22(38)37-13-12-23-8-5-9-27(31(23)37)33-30(40)20-36-16-14-35(15-17-36)19-25(39)21-41-26-10-11-29-28(18-26)34-32(42-29)24-6-3-2-4-7-24/h2-11,18,25,39H,12-17,19-21H2,1H3,(H,33,40)/t25-/m1/s1. The Hall–Kier alpha value is -4.25. The highest BCUT2D eigenvalue weighted by Crippen LogP contribution is 2.35. The molecule has 2 aliphatic rings. The predicted molar refractivity (Wildman–Crippen MR) is 161 cm³/mol. The van der Waals surface area contributed by atoms with Crippen molar-refractivity contribution in [1.82, 2.24) is 14.8 Å². The molecule has 0 radical (unpaired) electrons. The molecule has 2 aliphatic heterocycles. The molecule has 1 aromatic heterocycles. The van der Waals surface area contributed by atoms with E-state index in [-0.39, 0.29) is 25.0 Å². The van der Waals surface area contributed by atoms with Crippen molar-refractivity contribution < 1.29 is 23.8 Å². The van der Waals surface area contributed by atoms with Gasteiger partial charge in [-0.2, -0.15) is 0 Å². The summed E-state index contributed by atoms with van der Waals surface area (Å²) >= 11 is 0. The Labute approximate surface area is 244 Å². The number of aliphatic hydroxyl groups excluding tert-OH is 1. The summed E-state index contributed by atoms with van der Waals surface area (Å²) in [6, 6.07) is 21.0. The number of anilines is 2. The topological polar surface area (TPSA) is 111 Å². The Kier molecular flexibility index (Phi) is 8.18. The molecule has 1 fully saturated rings. The highest BCUT2D eigenvalue weighted by molar-refractivity contribution is 6.02.